The van der Waals surface area contributed by atoms with Crippen molar-refractivity contribution < 1.29 is 5.11 Å². The first-order valence-corrected chi connectivity index (χ1v) is 7.31. The van der Waals surface area contributed by atoms with Crippen LogP contribution in [-0.4, -0.2) is 11.7 Å². The number of aryl methyl sites for hydroxylation is 2. The van der Waals surface area contributed by atoms with Crippen molar-refractivity contribution in [2.24, 2.45) is 0 Å². The maximum absolute atomic E-state index is 10.2. The fourth-order valence-corrected chi connectivity index (χ4v) is 3.14. The van der Waals surface area contributed by atoms with E-state index in [1.165, 1.54) is 23.2 Å². The van der Waals surface area contributed by atoms with Crippen molar-refractivity contribution in [3.63, 3.8) is 0 Å². The topological polar surface area (TPSA) is 23.5 Å². The summed E-state index contributed by atoms with van der Waals surface area (Å²) < 4.78 is 0. The van der Waals surface area contributed by atoms with Crippen molar-refractivity contribution in [2.75, 3.05) is 11.4 Å². The number of para-hydroxylation sites is 1. The molecule has 0 radical (unpaired) electrons. The summed E-state index contributed by atoms with van der Waals surface area (Å²) in [7, 11) is 0. The van der Waals surface area contributed by atoms with Gasteiger partial charge in [-0.2, -0.15) is 0 Å². The van der Waals surface area contributed by atoms with Crippen LogP contribution in [0.1, 0.15) is 36.1 Å². The Labute approximate surface area is 120 Å². The molecule has 3 rings (SSSR count). The van der Waals surface area contributed by atoms with Crippen molar-refractivity contribution >= 4 is 5.69 Å². The van der Waals surface area contributed by atoms with E-state index >= 15 is 0 Å². The lowest BCUT2D eigenvalue weighted by Gasteiger charge is -2.36. The molecule has 2 aromatic rings. The quantitative estimate of drug-likeness (QED) is 0.881. The molecule has 1 unspecified atom stereocenters. The molecule has 0 saturated heterocycles. The minimum atomic E-state index is 0.191. The summed E-state index contributed by atoms with van der Waals surface area (Å²) in [6, 6.07) is 14.7. The zero-order valence-electron chi connectivity index (χ0n) is 12.1. The average molecular weight is 267 g/mol. The molecule has 0 saturated carbocycles. The van der Waals surface area contributed by atoms with Crippen LogP contribution < -0.4 is 4.90 Å². The Morgan fingerprint density at radius 3 is 2.80 bits per heavy atom. The van der Waals surface area contributed by atoms with Crippen LogP contribution in [0.2, 0.25) is 0 Å². The van der Waals surface area contributed by atoms with Gasteiger partial charge >= 0.3 is 0 Å². The van der Waals surface area contributed by atoms with E-state index in [2.05, 4.69) is 49.1 Å². The van der Waals surface area contributed by atoms with Crippen LogP contribution in [0.25, 0.3) is 0 Å². The number of phenolic OH excluding ortho intramolecular Hbond substituents is 1. The predicted molar refractivity (Wildman–Crippen MR) is 83.4 cm³/mol. The normalized spacial score (nSPS) is 15.8. The molecule has 0 spiro atoms. The van der Waals surface area contributed by atoms with E-state index in [9.17, 15) is 5.11 Å². The van der Waals surface area contributed by atoms with Gasteiger partial charge in [0, 0.05) is 17.8 Å². The van der Waals surface area contributed by atoms with E-state index in [1.807, 2.05) is 6.07 Å². The summed E-state index contributed by atoms with van der Waals surface area (Å²) in [5, 5.41) is 10.2. The number of phenols is 1. The highest BCUT2D eigenvalue weighted by molar-refractivity contribution is 5.58. The second-order valence-corrected chi connectivity index (χ2v) is 5.66. The highest BCUT2D eigenvalue weighted by Crippen LogP contribution is 2.36. The molecule has 1 heterocycles. The Morgan fingerprint density at radius 1 is 1.15 bits per heavy atom. The Kier molecular flexibility index (Phi) is 3.39. The second kappa shape index (κ2) is 5.20. The van der Waals surface area contributed by atoms with Crippen LogP contribution in [0.5, 0.6) is 5.75 Å². The minimum absolute atomic E-state index is 0.191. The third-order valence-electron chi connectivity index (χ3n) is 4.25. The molecule has 20 heavy (non-hydrogen) atoms. The van der Waals surface area contributed by atoms with Crippen LogP contribution in [0.3, 0.4) is 0 Å². The SMILES string of the molecule is Cc1ccc(O)c(C(C)N2CCCc3ccccc32)c1. The maximum atomic E-state index is 10.2. The van der Waals surface area contributed by atoms with Gasteiger partial charge in [-0.3, -0.25) is 0 Å². The largest absolute Gasteiger partial charge is 0.508 e. The zero-order chi connectivity index (χ0) is 14.1. The fraction of sp³-hybridized carbons (Fsp3) is 0.333. The maximum Gasteiger partial charge on any atom is 0.120 e. The van der Waals surface area contributed by atoms with E-state index < -0.39 is 0 Å². The summed E-state index contributed by atoms with van der Waals surface area (Å²) in [6.07, 6.45) is 2.33. The van der Waals surface area contributed by atoms with Gasteiger partial charge in [0.1, 0.15) is 5.75 Å². The lowest BCUT2D eigenvalue weighted by Crippen LogP contribution is -2.32. The first-order valence-electron chi connectivity index (χ1n) is 7.31. The van der Waals surface area contributed by atoms with Gasteiger partial charge in [0.15, 0.2) is 0 Å². The summed E-state index contributed by atoms with van der Waals surface area (Å²) in [6.45, 7) is 5.29. The van der Waals surface area contributed by atoms with Crippen molar-refractivity contribution in [3.05, 3.63) is 59.2 Å². The highest BCUT2D eigenvalue weighted by Gasteiger charge is 2.23. The average Bonchev–Trinajstić information content (AvgIpc) is 2.48. The van der Waals surface area contributed by atoms with Crippen LogP contribution in [0.15, 0.2) is 42.5 Å². The molecular weight excluding hydrogens is 246 g/mol. The van der Waals surface area contributed by atoms with Gasteiger partial charge in [0.25, 0.3) is 0 Å². The molecule has 104 valence electrons. The molecule has 1 aliphatic heterocycles. The van der Waals surface area contributed by atoms with Crippen LogP contribution in [-0.2, 0) is 6.42 Å². The minimum Gasteiger partial charge on any atom is -0.508 e. The molecule has 0 bridgehead atoms. The van der Waals surface area contributed by atoms with Crippen molar-refractivity contribution in [2.45, 2.75) is 32.7 Å². The Balaban J connectivity index is 1.99. The van der Waals surface area contributed by atoms with Crippen LogP contribution >= 0.6 is 0 Å². The smallest absolute Gasteiger partial charge is 0.120 e. The van der Waals surface area contributed by atoms with Gasteiger partial charge in [-0.25, -0.2) is 0 Å². The van der Waals surface area contributed by atoms with Gasteiger partial charge in [0.05, 0.1) is 6.04 Å². The molecule has 0 aromatic heterocycles. The van der Waals surface area contributed by atoms with Gasteiger partial charge in [0.2, 0.25) is 0 Å². The third kappa shape index (κ3) is 2.26. The van der Waals surface area contributed by atoms with E-state index in [0.29, 0.717) is 5.75 Å². The Bertz CT molecular complexity index is 621. The number of hydrogen-bond donors (Lipinski definition) is 1. The van der Waals surface area contributed by atoms with Crippen molar-refractivity contribution in [3.8, 4) is 5.75 Å². The molecule has 1 aliphatic rings. The first kappa shape index (κ1) is 13.0. The summed E-state index contributed by atoms with van der Waals surface area (Å²) in [4.78, 5) is 2.41. The monoisotopic (exact) mass is 267 g/mol. The van der Waals surface area contributed by atoms with Gasteiger partial charge in [-0.15, -0.1) is 0 Å². The van der Waals surface area contributed by atoms with E-state index in [4.69, 9.17) is 0 Å². The lowest BCUT2D eigenvalue weighted by molar-refractivity contribution is 0.459. The molecule has 2 nitrogen and oxygen atoms in total. The number of rotatable bonds is 2. The summed E-state index contributed by atoms with van der Waals surface area (Å²) in [5.74, 6) is 0.395. The van der Waals surface area contributed by atoms with E-state index in [0.717, 1.165) is 18.5 Å². The van der Waals surface area contributed by atoms with Gasteiger partial charge in [-0.1, -0.05) is 35.9 Å². The number of aromatic hydroxyl groups is 1. The molecule has 0 fully saturated rings. The standard InChI is InChI=1S/C18H21NO/c1-13-9-10-18(20)16(12-13)14(2)19-11-5-7-15-6-3-4-8-17(15)19/h3-4,6,8-10,12,14,20H,5,7,11H2,1-2H3. The molecule has 2 aromatic carbocycles. The first-order chi connectivity index (χ1) is 9.66. The number of fused-ring (bicyclic) bond motifs is 1. The second-order valence-electron chi connectivity index (χ2n) is 5.66. The van der Waals surface area contributed by atoms with Crippen LogP contribution in [0.4, 0.5) is 5.69 Å². The van der Waals surface area contributed by atoms with E-state index in [1.54, 1.807) is 6.07 Å². The summed E-state index contributed by atoms with van der Waals surface area (Å²) >= 11 is 0. The molecule has 0 aliphatic carbocycles. The van der Waals surface area contributed by atoms with Gasteiger partial charge < -0.3 is 10.0 Å². The number of hydrogen-bond acceptors (Lipinski definition) is 2. The highest BCUT2D eigenvalue weighted by atomic mass is 16.3. The fourth-order valence-electron chi connectivity index (χ4n) is 3.14. The molecule has 2 heteroatoms. The third-order valence-corrected chi connectivity index (χ3v) is 4.25. The van der Waals surface area contributed by atoms with Crippen LogP contribution in [0, 0.1) is 6.92 Å². The van der Waals surface area contributed by atoms with Gasteiger partial charge in [-0.05, 0) is 44.4 Å². The number of nitrogens with zero attached hydrogens (tertiary/aromatic N) is 1. The summed E-state index contributed by atoms with van der Waals surface area (Å²) in [5.41, 5.74) is 4.93. The Hall–Kier alpha value is -1.96. The lowest BCUT2D eigenvalue weighted by atomic mass is 9.96. The van der Waals surface area contributed by atoms with E-state index in [-0.39, 0.29) is 6.04 Å². The van der Waals surface area contributed by atoms with Crippen molar-refractivity contribution in [1.29, 1.82) is 0 Å². The molecule has 1 N–H and O–H groups in total. The molecular formula is C18H21NO. The molecule has 1 atom stereocenters. The zero-order valence-corrected chi connectivity index (χ0v) is 12.1. The predicted octanol–water partition coefficient (Wildman–Crippen LogP) is 4.21. The van der Waals surface area contributed by atoms with Crippen molar-refractivity contribution in [1.82, 2.24) is 0 Å². The number of anilines is 1. The molecule has 0 amide bonds. The number of benzene rings is 2. The Morgan fingerprint density at radius 2 is 1.95 bits per heavy atom.